The molecule has 0 saturated carbocycles. The number of hydrogen-bond acceptors (Lipinski definition) is 1. The summed E-state index contributed by atoms with van der Waals surface area (Å²) in [5.74, 6) is 0. The molecule has 0 aliphatic rings. The molecule has 0 aliphatic carbocycles. The van der Waals surface area contributed by atoms with E-state index in [1.54, 1.807) is 0 Å². The highest BCUT2D eigenvalue weighted by Crippen LogP contribution is 2.26. The normalized spacial score (nSPS) is 9.27. The van der Waals surface area contributed by atoms with Crippen LogP contribution in [0, 0.1) is 0 Å². The van der Waals surface area contributed by atoms with Gasteiger partial charge in [0.05, 0.1) is 0 Å². The molecule has 0 bridgehead atoms. The summed E-state index contributed by atoms with van der Waals surface area (Å²) in [5.41, 5.74) is 2.31. The number of benzene rings is 1. The fourth-order valence-corrected chi connectivity index (χ4v) is 1.41. The first kappa shape index (κ1) is 8.59. The van der Waals surface area contributed by atoms with Crippen molar-refractivity contribution in [2.75, 3.05) is 12.4 Å². The average molecular weight is 259 g/mol. The molecule has 0 heterocycles. The third-order valence-electron chi connectivity index (χ3n) is 1.49. The maximum absolute atomic E-state index is 3.88. The predicted octanol–water partition coefficient (Wildman–Crippen LogP) is 3.13. The second kappa shape index (κ2) is 3.76. The minimum Gasteiger partial charge on any atom is -0.388 e. The van der Waals surface area contributed by atoms with Gasteiger partial charge in [0.15, 0.2) is 0 Å². The highest BCUT2D eigenvalue weighted by atomic mass is 127. The Kier molecular flexibility index (Phi) is 2.93. The van der Waals surface area contributed by atoms with Gasteiger partial charge in [0.25, 0.3) is 0 Å². The van der Waals surface area contributed by atoms with Crippen molar-refractivity contribution in [2.24, 2.45) is 0 Å². The summed E-state index contributed by atoms with van der Waals surface area (Å²) >= 11 is 2.22. The molecule has 0 saturated heterocycles. The molecule has 1 aromatic rings. The molecule has 0 aliphatic heterocycles. The Morgan fingerprint density at radius 1 is 1.45 bits per heavy atom. The molecule has 0 radical (unpaired) electrons. The summed E-state index contributed by atoms with van der Waals surface area (Å²) in [4.78, 5) is 0. The Morgan fingerprint density at radius 2 is 2.09 bits per heavy atom. The highest BCUT2D eigenvalue weighted by molar-refractivity contribution is 14.1. The van der Waals surface area contributed by atoms with Gasteiger partial charge < -0.3 is 5.32 Å². The van der Waals surface area contributed by atoms with Gasteiger partial charge in [0.2, 0.25) is 0 Å². The van der Waals surface area contributed by atoms with E-state index < -0.39 is 0 Å². The molecule has 1 N–H and O–H groups in total. The van der Waals surface area contributed by atoms with Crippen LogP contribution < -0.4 is 5.32 Å². The molecule has 0 aromatic heterocycles. The molecule has 2 heteroatoms. The quantitative estimate of drug-likeness (QED) is 0.804. The van der Waals surface area contributed by atoms with Crippen LogP contribution in [-0.2, 0) is 0 Å². The van der Waals surface area contributed by atoms with Crippen LogP contribution in [0.3, 0.4) is 0 Å². The number of nitrogens with one attached hydrogen (secondary N) is 1. The highest BCUT2D eigenvalue weighted by Gasteiger charge is 1.98. The van der Waals surface area contributed by atoms with E-state index in [1.807, 2.05) is 25.2 Å². The van der Waals surface area contributed by atoms with Crippen molar-refractivity contribution in [1.29, 1.82) is 0 Å². The van der Waals surface area contributed by atoms with E-state index in [9.17, 15) is 0 Å². The van der Waals surface area contributed by atoms with E-state index in [4.69, 9.17) is 0 Å². The zero-order chi connectivity index (χ0) is 8.27. The first-order valence-corrected chi connectivity index (χ1v) is 4.45. The van der Waals surface area contributed by atoms with Crippen LogP contribution in [0.5, 0.6) is 0 Å². The fourth-order valence-electron chi connectivity index (χ4n) is 0.938. The van der Waals surface area contributed by atoms with Crippen molar-refractivity contribution in [3.8, 4) is 0 Å². The van der Waals surface area contributed by atoms with Crippen LogP contribution in [0.2, 0.25) is 0 Å². The molecule has 0 unspecified atom stereocenters. The second-order valence-corrected chi connectivity index (χ2v) is 3.50. The smallest absolute Gasteiger partial charge is 0.0421 e. The van der Waals surface area contributed by atoms with Crippen LogP contribution >= 0.6 is 22.6 Å². The van der Waals surface area contributed by atoms with Crippen LogP contribution in [0.1, 0.15) is 5.56 Å². The molecule has 11 heavy (non-hydrogen) atoms. The van der Waals surface area contributed by atoms with Gasteiger partial charge in [0, 0.05) is 21.9 Å². The Labute approximate surface area is 80.6 Å². The molecule has 0 atom stereocenters. The molecule has 58 valence electrons. The zero-order valence-corrected chi connectivity index (χ0v) is 8.55. The molecular weight excluding hydrogens is 249 g/mol. The van der Waals surface area contributed by atoms with Crippen LogP contribution in [0.25, 0.3) is 3.58 Å². The summed E-state index contributed by atoms with van der Waals surface area (Å²) in [7, 11) is 1.92. The molecule has 1 rings (SSSR count). The molecule has 1 aromatic carbocycles. The van der Waals surface area contributed by atoms with Gasteiger partial charge in [-0.25, -0.2) is 0 Å². The average Bonchev–Trinajstić information content (AvgIpc) is 2.04. The molecular formula is C9H10IN. The first-order chi connectivity index (χ1) is 5.25. The Balaban J connectivity index is 3.12. The van der Waals surface area contributed by atoms with Gasteiger partial charge in [-0.15, -0.1) is 0 Å². The van der Waals surface area contributed by atoms with Crippen molar-refractivity contribution >= 4 is 31.9 Å². The zero-order valence-electron chi connectivity index (χ0n) is 6.39. The Morgan fingerprint density at radius 3 is 2.55 bits per heavy atom. The third-order valence-corrected chi connectivity index (χ3v) is 2.07. The third kappa shape index (κ3) is 1.96. The van der Waals surface area contributed by atoms with E-state index in [2.05, 4.69) is 40.6 Å². The second-order valence-electron chi connectivity index (χ2n) is 2.20. The Hall–Kier alpha value is -0.510. The van der Waals surface area contributed by atoms with Crippen molar-refractivity contribution in [3.63, 3.8) is 0 Å². The van der Waals surface area contributed by atoms with Crippen molar-refractivity contribution in [2.45, 2.75) is 0 Å². The van der Waals surface area contributed by atoms with Gasteiger partial charge in [-0.2, -0.15) is 0 Å². The lowest BCUT2D eigenvalue weighted by atomic mass is 10.2. The van der Waals surface area contributed by atoms with Crippen LogP contribution in [0.15, 0.2) is 30.8 Å². The van der Waals surface area contributed by atoms with Gasteiger partial charge in [0.1, 0.15) is 0 Å². The van der Waals surface area contributed by atoms with Crippen LogP contribution in [0.4, 0.5) is 5.69 Å². The topological polar surface area (TPSA) is 12.0 Å². The molecule has 0 fully saturated rings. The van der Waals surface area contributed by atoms with Crippen molar-refractivity contribution < 1.29 is 0 Å². The lowest BCUT2D eigenvalue weighted by molar-refractivity contribution is 1.49. The minimum absolute atomic E-state index is 1.06. The maximum Gasteiger partial charge on any atom is 0.0421 e. The maximum atomic E-state index is 3.88. The van der Waals surface area contributed by atoms with E-state index >= 15 is 0 Å². The number of para-hydroxylation sites is 1. The van der Waals surface area contributed by atoms with Gasteiger partial charge >= 0.3 is 0 Å². The number of halogens is 1. The molecule has 0 amide bonds. The Bertz CT molecular complexity index is 268. The summed E-state index contributed by atoms with van der Waals surface area (Å²) < 4.78 is 1.06. The van der Waals surface area contributed by atoms with E-state index in [0.717, 1.165) is 9.27 Å². The van der Waals surface area contributed by atoms with Crippen molar-refractivity contribution in [3.05, 3.63) is 36.4 Å². The number of rotatable bonds is 2. The van der Waals surface area contributed by atoms with E-state index in [1.165, 1.54) is 5.56 Å². The number of hydrogen-bond donors (Lipinski definition) is 1. The van der Waals surface area contributed by atoms with Gasteiger partial charge in [-0.05, 0) is 28.7 Å². The molecule has 0 spiro atoms. The van der Waals surface area contributed by atoms with Crippen LogP contribution in [-0.4, -0.2) is 7.05 Å². The molecule has 1 nitrogen and oxygen atoms in total. The fraction of sp³-hybridized carbons (Fsp3) is 0.111. The predicted molar refractivity (Wildman–Crippen MR) is 59.0 cm³/mol. The standard InChI is InChI=1S/C9H10IN/c1-7(10)8-5-3-4-6-9(8)11-2/h3-6,11H,1H2,2H3. The van der Waals surface area contributed by atoms with Gasteiger partial charge in [-0.1, -0.05) is 24.8 Å². The summed E-state index contributed by atoms with van der Waals surface area (Å²) in [6.07, 6.45) is 0. The summed E-state index contributed by atoms with van der Waals surface area (Å²) in [5, 5.41) is 3.11. The van der Waals surface area contributed by atoms with E-state index in [0.29, 0.717) is 0 Å². The summed E-state index contributed by atoms with van der Waals surface area (Å²) in [6, 6.07) is 8.12. The summed E-state index contributed by atoms with van der Waals surface area (Å²) in [6.45, 7) is 3.88. The van der Waals surface area contributed by atoms with Crippen molar-refractivity contribution in [1.82, 2.24) is 0 Å². The van der Waals surface area contributed by atoms with E-state index in [-0.39, 0.29) is 0 Å². The largest absolute Gasteiger partial charge is 0.388 e. The minimum atomic E-state index is 1.06. The van der Waals surface area contributed by atoms with Gasteiger partial charge in [-0.3, -0.25) is 0 Å². The lowest BCUT2D eigenvalue weighted by Crippen LogP contribution is -1.91. The monoisotopic (exact) mass is 259 g/mol. The lowest BCUT2D eigenvalue weighted by Gasteiger charge is -2.05. The first-order valence-electron chi connectivity index (χ1n) is 3.37. The number of anilines is 1. The SMILES string of the molecule is C=C(I)c1ccccc1NC.